The van der Waals surface area contributed by atoms with Gasteiger partial charge in [0.25, 0.3) is 0 Å². The van der Waals surface area contributed by atoms with Crippen molar-refractivity contribution in [3.8, 4) is 0 Å². The Morgan fingerprint density at radius 3 is 2.35 bits per heavy atom. The van der Waals surface area contributed by atoms with E-state index in [1.165, 1.54) is 87.6 Å². The highest BCUT2D eigenvalue weighted by Gasteiger charge is 2.51. The van der Waals surface area contributed by atoms with Crippen molar-refractivity contribution in [1.82, 2.24) is 4.40 Å². The van der Waals surface area contributed by atoms with Crippen molar-refractivity contribution in [1.29, 1.82) is 0 Å². The van der Waals surface area contributed by atoms with E-state index in [9.17, 15) is 0 Å². The summed E-state index contributed by atoms with van der Waals surface area (Å²) in [4.78, 5) is 4.02. The fourth-order valence-corrected chi connectivity index (χ4v) is 9.60. The molecule has 0 aliphatic heterocycles. The number of pyridine rings is 2. The van der Waals surface area contributed by atoms with Crippen molar-refractivity contribution >= 4 is 54.7 Å². The number of para-hydroxylation sites is 1. The number of benzene rings is 3. The van der Waals surface area contributed by atoms with Crippen LogP contribution in [0.4, 0.5) is 5.69 Å². The summed E-state index contributed by atoms with van der Waals surface area (Å²) >= 11 is 0. The summed E-state index contributed by atoms with van der Waals surface area (Å²) in [7, 11) is 2.19. The van der Waals surface area contributed by atoms with Crippen LogP contribution in [0.25, 0.3) is 53.8 Å². The summed E-state index contributed by atoms with van der Waals surface area (Å²) < 4.78 is 4.79. The van der Waals surface area contributed by atoms with Crippen LogP contribution in [0, 0.1) is 31.2 Å². The number of hydrogen-bond acceptors (Lipinski definition) is 0. The van der Waals surface area contributed by atoms with Gasteiger partial charge in [-0.2, -0.15) is 0 Å². The molecule has 0 radical (unpaired) electrons. The van der Waals surface area contributed by atoms with Crippen LogP contribution in [0.1, 0.15) is 49.7 Å². The lowest BCUT2D eigenvalue weighted by Gasteiger charge is -2.57. The molecular weight excluding hydrogens is 450 g/mol. The third-order valence-corrected chi connectivity index (χ3v) is 10.6. The first-order valence-electron chi connectivity index (χ1n) is 14.0. The van der Waals surface area contributed by atoms with E-state index in [1.807, 2.05) is 12.1 Å². The van der Waals surface area contributed by atoms with Crippen LogP contribution < -0.4 is 4.57 Å². The molecule has 0 unspecified atom stereocenters. The van der Waals surface area contributed by atoms with Crippen LogP contribution in [0.15, 0.2) is 54.7 Å². The summed E-state index contributed by atoms with van der Waals surface area (Å²) in [5.41, 5.74) is 8.85. The predicted molar refractivity (Wildman–Crippen MR) is 151 cm³/mol. The first kappa shape index (κ1) is 20.4. The van der Waals surface area contributed by atoms with Gasteiger partial charge in [-0.25, -0.2) is 9.41 Å². The fourth-order valence-electron chi connectivity index (χ4n) is 9.60. The highest BCUT2D eigenvalue weighted by atomic mass is 15.0. The third-order valence-electron chi connectivity index (χ3n) is 10.6. The van der Waals surface area contributed by atoms with Crippen molar-refractivity contribution in [2.75, 3.05) is 0 Å². The Labute approximate surface area is 216 Å². The monoisotopic (exact) mass is 480 g/mol. The molecule has 3 aromatic heterocycles. The Morgan fingerprint density at radius 2 is 1.62 bits per heavy atom. The van der Waals surface area contributed by atoms with Gasteiger partial charge < -0.3 is 4.40 Å². The molecule has 4 aliphatic carbocycles. The highest BCUT2D eigenvalue weighted by Crippen LogP contribution is 2.61. The SMILES string of the molecule is [C-]#[N+]c1cccc2c3ccc(C)c4c3n(c3cc(C56CC7CC(CC(C7)C5)C6)cc5cc[n+](C)c4c53)c12. The molecule has 3 heteroatoms. The molecule has 37 heavy (non-hydrogen) atoms. The van der Waals surface area contributed by atoms with E-state index in [0.29, 0.717) is 5.41 Å². The second-order valence-electron chi connectivity index (χ2n) is 12.7. The molecule has 3 heterocycles. The zero-order valence-electron chi connectivity index (χ0n) is 21.5. The average Bonchev–Trinajstić information content (AvgIpc) is 3.23. The topological polar surface area (TPSA) is 12.6 Å². The van der Waals surface area contributed by atoms with E-state index in [2.05, 4.69) is 70.4 Å². The van der Waals surface area contributed by atoms with Crippen molar-refractivity contribution < 1.29 is 4.57 Å². The molecule has 4 saturated carbocycles. The minimum atomic E-state index is 0.329. The zero-order valence-corrected chi connectivity index (χ0v) is 21.5. The van der Waals surface area contributed by atoms with Crippen LogP contribution in [0.5, 0.6) is 0 Å². The van der Waals surface area contributed by atoms with Crippen LogP contribution in [0.2, 0.25) is 0 Å². The largest absolute Gasteiger partial charge is 0.317 e. The Morgan fingerprint density at radius 1 is 0.892 bits per heavy atom. The highest BCUT2D eigenvalue weighted by molar-refractivity contribution is 6.27. The van der Waals surface area contributed by atoms with Gasteiger partial charge in [-0.05, 0) is 103 Å². The van der Waals surface area contributed by atoms with Crippen molar-refractivity contribution in [2.24, 2.45) is 24.8 Å². The maximum Gasteiger partial charge on any atom is 0.224 e. The maximum absolute atomic E-state index is 8.04. The van der Waals surface area contributed by atoms with Crippen LogP contribution in [-0.4, -0.2) is 4.40 Å². The average molecular weight is 481 g/mol. The molecule has 0 atom stereocenters. The minimum Gasteiger partial charge on any atom is -0.317 e. The quantitative estimate of drug-likeness (QED) is 0.0975. The van der Waals surface area contributed by atoms with Gasteiger partial charge in [-0.1, -0.05) is 30.3 Å². The number of fused-ring (bicyclic) bond motifs is 5. The molecule has 10 rings (SSSR count). The molecule has 0 saturated heterocycles. The number of aromatic nitrogens is 2. The molecule has 180 valence electrons. The van der Waals surface area contributed by atoms with Gasteiger partial charge in [0.05, 0.1) is 33.9 Å². The summed E-state index contributed by atoms with van der Waals surface area (Å²) in [6.45, 7) is 10.3. The lowest BCUT2D eigenvalue weighted by atomic mass is 9.48. The molecule has 0 amide bonds. The summed E-state index contributed by atoms with van der Waals surface area (Å²) in [6.07, 6.45) is 10.7. The molecule has 0 N–H and O–H groups in total. The van der Waals surface area contributed by atoms with E-state index in [-0.39, 0.29) is 0 Å². The van der Waals surface area contributed by atoms with Crippen molar-refractivity contribution in [3.63, 3.8) is 0 Å². The molecular formula is C34H30N3+. The van der Waals surface area contributed by atoms with E-state index >= 15 is 0 Å². The molecule has 4 bridgehead atoms. The molecule has 4 fully saturated rings. The Bertz CT molecular complexity index is 1960. The van der Waals surface area contributed by atoms with E-state index in [1.54, 1.807) is 5.56 Å². The first-order chi connectivity index (χ1) is 18.0. The lowest BCUT2D eigenvalue weighted by molar-refractivity contribution is -0.643. The molecule has 6 aromatic rings. The first-order valence-corrected chi connectivity index (χ1v) is 14.0. The Hall–Kier alpha value is -3.64. The van der Waals surface area contributed by atoms with Gasteiger partial charge in [0, 0.05) is 11.5 Å². The Balaban J connectivity index is 1.52. The van der Waals surface area contributed by atoms with E-state index in [0.717, 1.165) is 29.0 Å². The standard InChI is InChI=1S/C34H30N3/c1-19-7-8-26-25-5-4-6-27(35-2)31(25)37-28-15-24(34-16-20-11-21(17-34)13-22(12-20)18-34)14-23-9-10-36(3)33(30(23)28)29(19)32(26)37/h4-10,14-15,20-22H,11-13,16-18H2,1,3H3/q+1. The van der Waals surface area contributed by atoms with Crippen molar-refractivity contribution in [3.05, 3.63) is 77.3 Å². The minimum absolute atomic E-state index is 0.329. The van der Waals surface area contributed by atoms with Gasteiger partial charge in [0.15, 0.2) is 6.20 Å². The van der Waals surface area contributed by atoms with Crippen molar-refractivity contribution in [2.45, 2.75) is 50.9 Å². The zero-order chi connectivity index (χ0) is 24.6. The molecule has 3 aromatic carbocycles. The summed E-state index contributed by atoms with van der Waals surface area (Å²) in [5, 5.41) is 6.43. The third kappa shape index (κ3) is 2.41. The van der Waals surface area contributed by atoms with Gasteiger partial charge in [-0.15, -0.1) is 0 Å². The Kier molecular flexibility index (Phi) is 3.65. The van der Waals surface area contributed by atoms with E-state index in [4.69, 9.17) is 6.57 Å². The second-order valence-corrected chi connectivity index (χ2v) is 12.7. The van der Waals surface area contributed by atoms with Gasteiger partial charge in [-0.3, -0.25) is 0 Å². The summed E-state index contributed by atoms with van der Waals surface area (Å²) in [6, 6.07) is 18.2. The second kappa shape index (κ2) is 6.62. The van der Waals surface area contributed by atoms with Crippen LogP contribution in [-0.2, 0) is 12.5 Å². The summed E-state index contributed by atoms with van der Waals surface area (Å²) in [5.74, 6) is 2.75. The predicted octanol–water partition coefficient (Wildman–Crippen LogP) is 8.14. The smallest absolute Gasteiger partial charge is 0.224 e. The van der Waals surface area contributed by atoms with Gasteiger partial charge in [0.1, 0.15) is 7.05 Å². The molecule has 3 nitrogen and oxygen atoms in total. The maximum atomic E-state index is 8.04. The number of nitrogens with zero attached hydrogens (tertiary/aromatic N) is 3. The fraction of sp³-hybridized carbons (Fsp3) is 0.353. The number of hydrogen-bond donors (Lipinski definition) is 0. The van der Waals surface area contributed by atoms with E-state index < -0.39 is 0 Å². The van der Waals surface area contributed by atoms with Gasteiger partial charge >= 0.3 is 0 Å². The molecule has 0 spiro atoms. The number of rotatable bonds is 1. The lowest BCUT2D eigenvalue weighted by Crippen LogP contribution is -2.48. The van der Waals surface area contributed by atoms with Gasteiger partial charge in [0.2, 0.25) is 11.2 Å². The van der Waals surface area contributed by atoms with Crippen LogP contribution >= 0.6 is 0 Å². The number of aryl methyl sites for hydroxylation is 2. The normalized spacial score (nSPS) is 26.9. The van der Waals surface area contributed by atoms with Crippen LogP contribution in [0.3, 0.4) is 0 Å². The molecule has 4 aliphatic rings.